The van der Waals surface area contributed by atoms with E-state index in [4.69, 9.17) is 0 Å². The SMILES string of the molecule is CCC(CC)C(=O)Nc1ccc(NC2CCCCC2)nn1. The molecule has 2 rings (SSSR count). The molecule has 0 radical (unpaired) electrons. The lowest BCUT2D eigenvalue weighted by Crippen LogP contribution is -2.24. The van der Waals surface area contributed by atoms with Crippen molar-refractivity contribution in [3.05, 3.63) is 12.1 Å². The van der Waals surface area contributed by atoms with Crippen LogP contribution in [-0.2, 0) is 4.79 Å². The van der Waals surface area contributed by atoms with Crippen molar-refractivity contribution in [3.8, 4) is 0 Å². The first kappa shape index (κ1) is 15.7. The van der Waals surface area contributed by atoms with E-state index in [0.717, 1.165) is 18.7 Å². The normalized spacial score (nSPS) is 16.0. The van der Waals surface area contributed by atoms with Gasteiger partial charge in [-0.25, -0.2) is 0 Å². The van der Waals surface area contributed by atoms with E-state index < -0.39 is 0 Å². The molecule has 1 aromatic heterocycles. The number of nitrogens with one attached hydrogen (secondary N) is 2. The molecule has 1 fully saturated rings. The van der Waals surface area contributed by atoms with Crippen molar-refractivity contribution in [3.63, 3.8) is 0 Å². The van der Waals surface area contributed by atoms with Crippen molar-refractivity contribution >= 4 is 17.5 Å². The molecule has 0 aromatic carbocycles. The van der Waals surface area contributed by atoms with Gasteiger partial charge in [0.15, 0.2) is 5.82 Å². The minimum atomic E-state index is 0.0299. The minimum Gasteiger partial charge on any atom is -0.366 e. The molecular formula is C16H26N4O. The van der Waals surface area contributed by atoms with Crippen LogP contribution in [0, 0.1) is 5.92 Å². The quantitative estimate of drug-likeness (QED) is 0.840. The highest BCUT2D eigenvalue weighted by Crippen LogP contribution is 2.21. The lowest BCUT2D eigenvalue weighted by molar-refractivity contribution is -0.120. The maximum Gasteiger partial charge on any atom is 0.228 e. The highest BCUT2D eigenvalue weighted by atomic mass is 16.1. The van der Waals surface area contributed by atoms with Crippen LogP contribution in [0.25, 0.3) is 0 Å². The Labute approximate surface area is 126 Å². The average molecular weight is 290 g/mol. The van der Waals surface area contributed by atoms with Crippen LogP contribution in [0.15, 0.2) is 12.1 Å². The van der Waals surface area contributed by atoms with Gasteiger partial charge in [-0.1, -0.05) is 33.1 Å². The second-order valence-electron chi connectivity index (χ2n) is 5.79. The molecule has 1 amide bonds. The molecular weight excluding hydrogens is 264 g/mol. The van der Waals surface area contributed by atoms with Gasteiger partial charge in [-0.05, 0) is 37.8 Å². The second kappa shape index (κ2) is 7.96. The van der Waals surface area contributed by atoms with Gasteiger partial charge in [0.25, 0.3) is 0 Å². The van der Waals surface area contributed by atoms with Crippen LogP contribution in [0.4, 0.5) is 11.6 Å². The van der Waals surface area contributed by atoms with Gasteiger partial charge < -0.3 is 10.6 Å². The number of rotatable bonds is 6. The Hall–Kier alpha value is -1.65. The van der Waals surface area contributed by atoms with Crippen molar-refractivity contribution in [2.45, 2.75) is 64.8 Å². The number of carbonyl (C=O) groups excluding carboxylic acids is 1. The summed E-state index contributed by atoms with van der Waals surface area (Å²) in [7, 11) is 0. The van der Waals surface area contributed by atoms with Gasteiger partial charge >= 0.3 is 0 Å². The molecule has 2 N–H and O–H groups in total. The minimum absolute atomic E-state index is 0.0299. The van der Waals surface area contributed by atoms with Crippen LogP contribution in [0.5, 0.6) is 0 Å². The van der Waals surface area contributed by atoms with E-state index in [-0.39, 0.29) is 11.8 Å². The van der Waals surface area contributed by atoms with Gasteiger partial charge in [0.2, 0.25) is 5.91 Å². The Balaban J connectivity index is 1.87. The Morgan fingerprint density at radius 1 is 1.14 bits per heavy atom. The van der Waals surface area contributed by atoms with E-state index in [1.54, 1.807) is 0 Å². The lowest BCUT2D eigenvalue weighted by Gasteiger charge is -2.23. The molecule has 1 aliphatic rings. The molecule has 0 aliphatic heterocycles. The van der Waals surface area contributed by atoms with Gasteiger partial charge in [-0.3, -0.25) is 4.79 Å². The van der Waals surface area contributed by atoms with Crippen LogP contribution in [0.1, 0.15) is 58.8 Å². The first-order valence-electron chi connectivity index (χ1n) is 8.14. The highest BCUT2D eigenvalue weighted by Gasteiger charge is 2.16. The number of anilines is 2. The van der Waals surface area contributed by atoms with E-state index in [1.165, 1.54) is 32.1 Å². The molecule has 1 aliphatic carbocycles. The van der Waals surface area contributed by atoms with Crippen LogP contribution in [-0.4, -0.2) is 22.1 Å². The number of nitrogens with zero attached hydrogens (tertiary/aromatic N) is 2. The van der Waals surface area contributed by atoms with Crippen LogP contribution in [0.2, 0.25) is 0 Å². The van der Waals surface area contributed by atoms with Gasteiger partial charge in [0.1, 0.15) is 5.82 Å². The molecule has 1 aromatic rings. The topological polar surface area (TPSA) is 66.9 Å². The number of hydrogen-bond donors (Lipinski definition) is 2. The Bertz CT molecular complexity index is 436. The molecule has 1 heterocycles. The molecule has 21 heavy (non-hydrogen) atoms. The second-order valence-corrected chi connectivity index (χ2v) is 5.79. The molecule has 1 saturated carbocycles. The summed E-state index contributed by atoms with van der Waals surface area (Å²) in [5, 5.41) is 14.5. The maximum absolute atomic E-state index is 12.0. The monoisotopic (exact) mass is 290 g/mol. The van der Waals surface area contributed by atoms with Crippen molar-refractivity contribution in [2.75, 3.05) is 10.6 Å². The van der Waals surface area contributed by atoms with E-state index >= 15 is 0 Å². The molecule has 0 bridgehead atoms. The molecule has 5 nitrogen and oxygen atoms in total. The molecule has 0 unspecified atom stereocenters. The molecule has 0 spiro atoms. The van der Waals surface area contributed by atoms with Gasteiger partial charge in [-0.15, -0.1) is 10.2 Å². The van der Waals surface area contributed by atoms with Crippen molar-refractivity contribution in [1.29, 1.82) is 0 Å². The molecule has 0 atom stereocenters. The Morgan fingerprint density at radius 2 is 1.76 bits per heavy atom. The van der Waals surface area contributed by atoms with Gasteiger partial charge in [0, 0.05) is 12.0 Å². The van der Waals surface area contributed by atoms with E-state index in [9.17, 15) is 4.79 Å². The maximum atomic E-state index is 12.0. The van der Waals surface area contributed by atoms with E-state index in [2.05, 4.69) is 20.8 Å². The third kappa shape index (κ3) is 4.69. The number of amides is 1. The number of aromatic nitrogens is 2. The summed E-state index contributed by atoms with van der Waals surface area (Å²) < 4.78 is 0. The fourth-order valence-corrected chi connectivity index (χ4v) is 2.82. The number of carbonyl (C=O) groups is 1. The predicted molar refractivity (Wildman–Crippen MR) is 85.2 cm³/mol. The first-order chi connectivity index (χ1) is 10.2. The fourth-order valence-electron chi connectivity index (χ4n) is 2.82. The van der Waals surface area contributed by atoms with Crippen LogP contribution in [0.3, 0.4) is 0 Å². The average Bonchev–Trinajstić information content (AvgIpc) is 2.51. The fraction of sp³-hybridized carbons (Fsp3) is 0.688. The van der Waals surface area contributed by atoms with Gasteiger partial charge in [0.05, 0.1) is 0 Å². The number of hydrogen-bond acceptors (Lipinski definition) is 4. The molecule has 0 saturated heterocycles. The summed E-state index contributed by atoms with van der Waals surface area (Å²) in [6, 6.07) is 4.22. The predicted octanol–water partition coefficient (Wildman–Crippen LogP) is 3.60. The summed E-state index contributed by atoms with van der Waals surface area (Å²) in [5.74, 6) is 1.40. The third-order valence-corrected chi connectivity index (χ3v) is 4.23. The van der Waals surface area contributed by atoms with Crippen molar-refractivity contribution in [2.24, 2.45) is 5.92 Å². The van der Waals surface area contributed by atoms with Crippen LogP contribution >= 0.6 is 0 Å². The van der Waals surface area contributed by atoms with E-state index in [1.807, 2.05) is 26.0 Å². The van der Waals surface area contributed by atoms with Crippen molar-refractivity contribution in [1.82, 2.24) is 10.2 Å². The van der Waals surface area contributed by atoms with Crippen molar-refractivity contribution < 1.29 is 4.79 Å². The third-order valence-electron chi connectivity index (χ3n) is 4.23. The smallest absolute Gasteiger partial charge is 0.228 e. The zero-order valence-electron chi connectivity index (χ0n) is 13.1. The molecule has 116 valence electrons. The van der Waals surface area contributed by atoms with Crippen LogP contribution < -0.4 is 10.6 Å². The standard InChI is InChI=1S/C16H26N4O/c1-3-12(4-2)16(21)18-15-11-10-14(19-20-15)17-13-8-6-5-7-9-13/h10-13H,3-9H2,1-2H3,(H,17,19)(H,18,20,21). The zero-order valence-corrected chi connectivity index (χ0v) is 13.1. The lowest BCUT2D eigenvalue weighted by atomic mass is 9.95. The Morgan fingerprint density at radius 3 is 2.33 bits per heavy atom. The molecule has 5 heteroatoms. The first-order valence-corrected chi connectivity index (χ1v) is 8.14. The summed E-state index contributed by atoms with van der Waals surface area (Å²) in [5.41, 5.74) is 0. The summed E-state index contributed by atoms with van der Waals surface area (Å²) in [4.78, 5) is 12.0. The van der Waals surface area contributed by atoms with E-state index in [0.29, 0.717) is 11.9 Å². The Kier molecular flexibility index (Phi) is 5.96. The largest absolute Gasteiger partial charge is 0.366 e. The highest BCUT2D eigenvalue weighted by molar-refractivity contribution is 5.91. The summed E-state index contributed by atoms with van der Waals surface area (Å²) >= 11 is 0. The van der Waals surface area contributed by atoms with Gasteiger partial charge in [-0.2, -0.15) is 0 Å². The zero-order chi connectivity index (χ0) is 15.1. The summed E-state index contributed by atoms with van der Waals surface area (Å²) in [6.07, 6.45) is 8.01. The summed E-state index contributed by atoms with van der Waals surface area (Å²) in [6.45, 7) is 4.05.